The number of nitrogens with zero attached hydrogens (tertiary/aromatic N) is 1. The molecule has 0 spiro atoms. The van der Waals surface area contributed by atoms with Crippen molar-refractivity contribution >= 4 is 27.3 Å². The largest absolute Gasteiger partial charge is 0.398 e. The van der Waals surface area contributed by atoms with Crippen molar-refractivity contribution in [1.29, 1.82) is 0 Å². The molecule has 2 nitrogen and oxygen atoms in total. The molecule has 18 heavy (non-hydrogen) atoms. The average Bonchev–Trinajstić information content (AvgIpc) is 2.73. The molecule has 0 radical (unpaired) electrons. The molecule has 0 aromatic heterocycles. The lowest BCUT2D eigenvalue weighted by molar-refractivity contribution is 0.879. The van der Waals surface area contributed by atoms with Crippen LogP contribution in [0.15, 0.2) is 40.9 Å². The highest BCUT2D eigenvalue weighted by atomic mass is 79.9. The van der Waals surface area contributed by atoms with Crippen molar-refractivity contribution in [2.75, 3.05) is 10.6 Å². The van der Waals surface area contributed by atoms with Crippen LogP contribution in [0.5, 0.6) is 0 Å². The van der Waals surface area contributed by atoms with Gasteiger partial charge in [0.25, 0.3) is 0 Å². The Kier molecular flexibility index (Phi) is 2.78. The average molecular weight is 303 g/mol. The van der Waals surface area contributed by atoms with Gasteiger partial charge in [-0.3, -0.25) is 0 Å². The standard InChI is InChI=1S/C15H15BrN2/c1-10-5-12(16)7-13(6-10)18-8-11-3-2-4-15(17)14(11)9-18/h2-7H,8-9,17H2,1H3. The number of nitrogens with two attached hydrogens (primary N) is 1. The molecular weight excluding hydrogens is 288 g/mol. The Morgan fingerprint density at radius 1 is 1.17 bits per heavy atom. The van der Waals surface area contributed by atoms with E-state index in [0.717, 1.165) is 23.2 Å². The summed E-state index contributed by atoms with van der Waals surface area (Å²) >= 11 is 3.56. The van der Waals surface area contributed by atoms with Crippen LogP contribution in [0.4, 0.5) is 11.4 Å². The first-order chi connectivity index (χ1) is 8.63. The first kappa shape index (κ1) is 11.6. The predicted molar refractivity (Wildman–Crippen MR) is 79.6 cm³/mol. The molecular formula is C15H15BrN2. The highest BCUT2D eigenvalue weighted by molar-refractivity contribution is 9.10. The van der Waals surface area contributed by atoms with E-state index in [1.165, 1.54) is 22.4 Å². The molecule has 0 atom stereocenters. The number of halogens is 1. The van der Waals surface area contributed by atoms with Gasteiger partial charge in [-0.05, 0) is 47.9 Å². The summed E-state index contributed by atoms with van der Waals surface area (Å²) in [7, 11) is 0. The van der Waals surface area contributed by atoms with Crippen molar-refractivity contribution in [2.24, 2.45) is 0 Å². The number of hydrogen-bond acceptors (Lipinski definition) is 2. The van der Waals surface area contributed by atoms with E-state index in [0.29, 0.717) is 0 Å². The van der Waals surface area contributed by atoms with Crippen LogP contribution in [0, 0.1) is 6.92 Å². The fraction of sp³-hybridized carbons (Fsp3) is 0.200. The minimum absolute atomic E-state index is 0.901. The first-order valence-electron chi connectivity index (χ1n) is 6.02. The summed E-state index contributed by atoms with van der Waals surface area (Å²) in [5, 5.41) is 0. The smallest absolute Gasteiger partial charge is 0.0457 e. The minimum Gasteiger partial charge on any atom is -0.398 e. The van der Waals surface area contributed by atoms with E-state index in [1.807, 2.05) is 12.1 Å². The van der Waals surface area contributed by atoms with Gasteiger partial charge in [-0.15, -0.1) is 0 Å². The molecule has 1 heterocycles. The Hall–Kier alpha value is -1.48. The lowest BCUT2D eigenvalue weighted by atomic mass is 10.1. The molecule has 0 unspecified atom stereocenters. The van der Waals surface area contributed by atoms with Crippen molar-refractivity contribution in [3.8, 4) is 0 Å². The Morgan fingerprint density at radius 3 is 2.72 bits per heavy atom. The minimum atomic E-state index is 0.901. The first-order valence-corrected chi connectivity index (χ1v) is 6.81. The van der Waals surface area contributed by atoms with Crippen LogP contribution in [-0.2, 0) is 13.1 Å². The number of fused-ring (bicyclic) bond motifs is 1. The molecule has 3 rings (SSSR count). The number of hydrogen-bond donors (Lipinski definition) is 1. The van der Waals surface area contributed by atoms with Crippen LogP contribution < -0.4 is 10.6 Å². The topological polar surface area (TPSA) is 29.3 Å². The number of rotatable bonds is 1. The number of anilines is 2. The Bertz CT molecular complexity index is 587. The summed E-state index contributed by atoms with van der Waals surface area (Å²) in [5.74, 6) is 0. The van der Waals surface area contributed by atoms with Crippen molar-refractivity contribution < 1.29 is 0 Å². The fourth-order valence-electron chi connectivity index (χ4n) is 2.53. The summed E-state index contributed by atoms with van der Waals surface area (Å²) in [6, 6.07) is 12.7. The molecule has 92 valence electrons. The fourth-order valence-corrected chi connectivity index (χ4v) is 3.13. The van der Waals surface area contributed by atoms with E-state index in [4.69, 9.17) is 5.73 Å². The highest BCUT2D eigenvalue weighted by Crippen LogP contribution is 2.33. The number of nitrogen functional groups attached to an aromatic ring is 1. The molecule has 0 aliphatic carbocycles. The van der Waals surface area contributed by atoms with E-state index >= 15 is 0 Å². The second-order valence-corrected chi connectivity index (χ2v) is 5.74. The maximum atomic E-state index is 6.04. The van der Waals surface area contributed by atoms with E-state index < -0.39 is 0 Å². The Morgan fingerprint density at radius 2 is 2.00 bits per heavy atom. The maximum Gasteiger partial charge on any atom is 0.0457 e. The molecule has 0 bridgehead atoms. The van der Waals surface area contributed by atoms with Gasteiger partial charge < -0.3 is 10.6 Å². The van der Waals surface area contributed by atoms with Crippen LogP contribution in [-0.4, -0.2) is 0 Å². The van der Waals surface area contributed by atoms with Gasteiger partial charge >= 0.3 is 0 Å². The van der Waals surface area contributed by atoms with E-state index in [9.17, 15) is 0 Å². The maximum absolute atomic E-state index is 6.04. The van der Waals surface area contributed by atoms with Crippen molar-refractivity contribution in [3.63, 3.8) is 0 Å². The molecule has 2 aromatic carbocycles. The third kappa shape index (κ3) is 1.99. The van der Waals surface area contributed by atoms with Crippen molar-refractivity contribution in [2.45, 2.75) is 20.0 Å². The van der Waals surface area contributed by atoms with E-state index in [1.54, 1.807) is 0 Å². The third-order valence-electron chi connectivity index (χ3n) is 3.41. The van der Waals surface area contributed by atoms with Crippen molar-refractivity contribution in [3.05, 3.63) is 57.6 Å². The second kappa shape index (κ2) is 4.32. The van der Waals surface area contributed by atoms with Gasteiger partial charge in [0, 0.05) is 28.9 Å². The number of benzene rings is 2. The summed E-state index contributed by atoms with van der Waals surface area (Å²) in [4.78, 5) is 2.36. The molecule has 1 aliphatic heterocycles. The Labute approximate surface area is 116 Å². The Balaban J connectivity index is 1.96. The van der Waals surface area contributed by atoms with Crippen LogP contribution in [0.3, 0.4) is 0 Å². The summed E-state index contributed by atoms with van der Waals surface area (Å²) in [6.07, 6.45) is 0. The van der Waals surface area contributed by atoms with Gasteiger partial charge in [0.2, 0.25) is 0 Å². The summed E-state index contributed by atoms with van der Waals surface area (Å²) in [5.41, 5.74) is 12.1. The molecule has 0 amide bonds. The number of aryl methyl sites for hydroxylation is 1. The molecule has 0 saturated heterocycles. The van der Waals surface area contributed by atoms with Gasteiger partial charge in [-0.25, -0.2) is 0 Å². The van der Waals surface area contributed by atoms with Crippen LogP contribution in [0.2, 0.25) is 0 Å². The predicted octanol–water partition coefficient (Wildman–Crippen LogP) is 3.86. The zero-order valence-electron chi connectivity index (χ0n) is 10.3. The molecule has 0 fully saturated rings. The summed E-state index contributed by atoms with van der Waals surface area (Å²) in [6.45, 7) is 3.96. The molecule has 1 aliphatic rings. The van der Waals surface area contributed by atoms with Crippen LogP contribution in [0.1, 0.15) is 16.7 Å². The zero-order valence-corrected chi connectivity index (χ0v) is 11.9. The summed E-state index contributed by atoms with van der Waals surface area (Å²) < 4.78 is 1.13. The van der Waals surface area contributed by atoms with Crippen LogP contribution in [0.25, 0.3) is 0 Å². The highest BCUT2D eigenvalue weighted by Gasteiger charge is 2.21. The quantitative estimate of drug-likeness (QED) is 0.811. The molecule has 2 aromatic rings. The zero-order chi connectivity index (χ0) is 12.7. The monoisotopic (exact) mass is 302 g/mol. The normalized spacial score (nSPS) is 13.8. The van der Waals surface area contributed by atoms with E-state index in [2.05, 4.69) is 52.0 Å². The lowest BCUT2D eigenvalue weighted by Gasteiger charge is -2.18. The lowest BCUT2D eigenvalue weighted by Crippen LogP contribution is -2.14. The molecule has 2 N–H and O–H groups in total. The van der Waals surface area contributed by atoms with Gasteiger partial charge in [0.1, 0.15) is 0 Å². The van der Waals surface area contributed by atoms with Gasteiger partial charge in [0.05, 0.1) is 0 Å². The van der Waals surface area contributed by atoms with E-state index in [-0.39, 0.29) is 0 Å². The van der Waals surface area contributed by atoms with Gasteiger partial charge in [0.15, 0.2) is 0 Å². The van der Waals surface area contributed by atoms with Gasteiger partial charge in [-0.2, -0.15) is 0 Å². The second-order valence-electron chi connectivity index (χ2n) is 4.83. The molecule has 0 saturated carbocycles. The van der Waals surface area contributed by atoms with Crippen LogP contribution >= 0.6 is 15.9 Å². The van der Waals surface area contributed by atoms with Gasteiger partial charge in [-0.1, -0.05) is 28.1 Å². The third-order valence-corrected chi connectivity index (χ3v) is 3.87. The molecule has 3 heteroatoms. The SMILES string of the molecule is Cc1cc(Br)cc(N2Cc3cccc(N)c3C2)c1. The van der Waals surface area contributed by atoms with Crippen molar-refractivity contribution in [1.82, 2.24) is 0 Å².